The fraction of sp³-hybridized carbons (Fsp3) is 0.0714. The van der Waals surface area contributed by atoms with Gasteiger partial charge in [0.1, 0.15) is 5.82 Å². The van der Waals surface area contributed by atoms with Gasteiger partial charge in [-0.25, -0.2) is 4.98 Å². The summed E-state index contributed by atoms with van der Waals surface area (Å²) >= 11 is 0. The molecule has 2 aromatic rings. The molecule has 0 saturated heterocycles. The second-order valence-electron chi connectivity index (χ2n) is 3.83. The summed E-state index contributed by atoms with van der Waals surface area (Å²) in [6.07, 6.45) is 1.56. The Morgan fingerprint density at radius 2 is 2.16 bits per heavy atom. The molecule has 0 atom stereocenters. The fourth-order valence-electron chi connectivity index (χ4n) is 1.58. The van der Waals surface area contributed by atoms with Crippen molar-refractivity contribution in [2.24, 2.45) is 0 Å². The van der Waals surface area contributed by atoms with E-state index in [0.717, 1.165) is 0 Å². The second-order valence-corrected chi connectivity index (χ2v) is 3.83. The molecule has 1 aromatic heterocycles. The van der Waals surface area contributed by atoms with Crippen molar-refractivity contribution in [2.45, 2.75) is 0 Å². The van der Waals surface area contributed by atoms with Gasteiger partial charge in [-0.2, -0.15) is 5.26 Å². The quantitative estimate of drug-likeness (QED) is 0.878. The molecule has 5 heteroatoms. The normalized spacial score (nSPS) is 9.47. The molecular formula is C14H12N4O. The van der Waals surface area contributed by atoms with E-state index in [1.807, 2.05) is 6.07 Å². The molecule has 0 aliphatic rings. The van der Waals surface area contributed by atoms with E-state index < -0.39 is 0 Å². The minimum atomic E-state index is -0.242. The largest absolute Gasteiger partial charge is 0.373 e. The van der Waals surface area contributed by atoms with Gasteiger partial charge in [0.2, 0.25) is 0 Å². The van der Waals surface area contributed by atoms with Gasteiger partial charge in [0.15, 0.2) is 0 Å². The van der Waals surface area contributed by atoms with Crippen LogP contribution in [0.25, 0.3) is 0 Å². The Kier molecular flexibility index (Phi) is 3.74. The number of aromatic nitrogens is 1. The standard InChI is InChI=1S/C14H12N4O/c1-16-13-8-11(5-6-17-13)14(19)18-12-4-2-3-10(7-12)9-15/h2-8H,1H3,(H,16,17)(H,18,19). The summed E-state index contributed by atoms with van der Waals surface area (Å²) in [5.74, 6) is 0.382. The van der Waals surface area contributed by atoms with E-state index in [2.05, 4.69) is 15.6 Å². The molecule has 0 aliphatic heterocycles. The summed E-state index contributed by atoms with van der Waals surface area (Å²) in [5, 5.41) is 14.4. The van der Waals surface area contributed by atoms with Crippen LogP contribution in [0, 0.1) is 11.3 Å². The highest BCUT2D eigenvalue weighted by atomic mass is 16.1. The maximum absolute atomic E-state index is 12.0. The molecule has 1 heterocycles. The Morgan fingerprint density at radius 3 is 2.89 bits per heavy atom. The Labute approximate surface area is 110 Å². The highest BCUT2D eigenvalue weighted by Crippen LogP contribution is 2.13. The molecule has 1 aromatic carbocycles. The summed E-state index contributed by atoms with van der Waals surface area (Å²) in [7, 11) is 1.74. The van der Waals surface area contributed by atoms with Crippen molar-refractivity contribution in [3.63, 3.8) is 0 Å². The van der Waals surface area contributed by atoms with E-state index in [1.165, 1.54) is 0 Å². The van der Waals surface area contributed by atoms with Gasteiger partial charge in [-0.15, -0.1) is 0 Å². The lowest BCUT2D eigenvalue weighted by Crippen LogP contribution is -2.12. The molecule has 0 spiro atoms. The van der Waals surface area contributed by atoms with Gasteiger partial charge >= 0.3 is 0 Å². The lowest BCUT2D eigenvalue weighted by Gasteiger charge is -2.06. The first-order valence-electron chi connectivity index (χ1n) is 5.68. The number of nitriles is 1. The first-order chi connectivity index (χ1) is 9.22. The molecular weight excluding hydrogens is 240 g/mol. The molecule has 0 unspecified atom stereocenters. The minimum Gasteiger partial charge on any atom is -0.373 e. The third-order valence-electron chi connectivity index (χ3n) is 2.53. The number of carbonyl (C=O) groups is 1. The number of rotatable bonds is 3. The summed E-state index contributed by atoms with van der Waals surface area (Å²) in [6, 6.07) is 12.1. The number of nitrogens with one attached hydrogen (secondary N) is 2. The van der Waals surface area contributed by atoms with E-state index in [0.29, 0.717) is 22.6 Å². The van der Waals surface area contributed by atoms with Crippen molar-refractivity contribution in [2.75, 3.05) is 17.7 Å². The van der Waals surface area contributed by atoms with Crippen molar-refractivity contribution in [3.05, 3.63) is 53.7 Å². The third kappa shape index (κ3) is 3.07. The number of amides is 1. The predicted molar refractivity (Wildman–Crippen MR) is 72.9 cm³/mol. The van der Waals surface area contributed by atoms with Crippen LogP contribution in [-0.4, -0.2) is 17.9 Å². The second kappa shape index (κ2) is 5.65. The first kappa shape index (κ1) is 12.6. The Balaban J connectivity index is 2.18. The smallest absolute Gasteiger partial charge is 0.255 e. The van der Waals surface area contributed by atoms with Crippen LogP contribution in [0.2, 0.25) is 0 Å². The summed E-state index contributed by atoms with van der Waals surface area (Å²) in [4.78, 5) is 16.1. The van der Waals surface area contributed by atoms with Gasteiger partial charge in [-0.3, -0.25) is 4.79 Å². The van der Waals surface area contributed by atoms with Crippen LogP contribution in [0.4, 0.5) is 11.5 Å². The highest BCUT2D eigenvalue weighted by molar-refractivity contribution is 6.04. The maximum atomic E-state index is 12.0. The van der Waals surface area contributed by atoms with Crippen molar-refractivity contribution in [1.82, 2.24) is 4.98 Å². The zero-order valence-corrected chi connectivity index (χ0v) is 10.3. The Bertz CT molecular complexity index is 646. The number of nitrogens with zero attached hydrogens (tertiary/aromatic N) is 2. The monoisotopic (exact) mass is 252 g/mol. The zero-order valence-electron chi connectivity index (χ0n) is 10.3. The summed E-state index contributed by atoms with van der Waals surface area (Å²) in [5.41, 5.74) is 1.59. The molecule has 2 N–H and O–H groups in total. The number of hydrogen-bond donors (Lipinski definition) is 2. The maximum Gasteiger partial charge on any atom is 0.255 e. The summed E-state index contributed by atoms with van der Waals surface area (Å²) in [6.45, 7) is 0. The summed E-state index contributed by atoms with van der Waals surface area (Å²) < 4.78 is 0. The van der Waals surface area contributed by atoms with E-state index in [9.17, 15) is 4.79 Å². The molecule has 0 fully saturated rings. The Morgan fingerprint density at radius 1 is 1.32 bits per heavy atom. The van der Waals surface area contributed by atoms with E-state index in [-0.39, 0.29) is 5.91 Å². The van der Waals surface area contributed by atoms with Crippen LogP contribution in [0.3, 0.4) is 0 Å². The molecule has 0 aliphatic carbocycles. The molecule has 94 valence electrons. The number of anilines is 2. The van der Waals surface area contributed by atoms with E-state index in [1.54, 1.807) is 49.6 Å². The van der Waals surface area contributed by atoms with Gasteiger partial charge in [0, 0.05) is 24.5 Å². The molecule has 19 heavy (non-hydrogen) atoms. The molecule has 2 rings (SSSR count). The number of carbonyl (C=O) groups excluding carboxylic acids is 1. The van der Waals surface area contributed by atoms with E-state index >= 15 is 0 Å². The molecule has 0 saturated carbocycles. The van der Waals surface area contributed by atoms with Gasteiger partial charge < -0.3 is 10.6 Å². The predicted octanol–water partition coefficient (Wildman–Crippen LogP) is 2.25. The Hall–Kier alpha value is -2.87. The first-order valence-corrected chi connectivity index (χ1v) is 5.68. The average Bonchev–Trinajstić information content (AvgIpc) is 2.47. The lowest BCUT2D eigenvalue weighted by molar-refractivity contribution is 0.102. The van der Waals surface area contributed by atoms with Gasteiger partial charge in [0.25, 0.3) is 5.91 Å². The van der Waals surface area contributed by atoms with Crippen molar-refractivity contribution >= 4 is 17.4 Å². The molecule has 1 amide bonds. The highest BCUT2D eigenvalue weighted by Gasteiger charge is 2.07. The van der Waals surface area contributed by atoms with Crippen LogP contribution < -0.4 is 10.6 Å². The molecule has 0 radical (unpaired) electrons. The molecule has 5 nitrogen and oxygen atoms in total. The number of pyridine rings is 1. The average molecular weight is 252 g/mol. The molecule has 0 bridgehead atoms. The van der Waals surface area contributed by atoms with Crippen LogP contribution in [-0.2, 0) is 0 Å². The van der Waals surface area contributed by atoms with Gasteiger partial charge in [-0.1, -0.05) is 6.07 Å². The number of hydrogen-bond acceptors (Lipinski definition) is 4. The topological polar surface area (TPSA) is 77.8 Å². The van der Waals surface area contributed by atoms with Crippen LogP contribution >= 0.6 is 0 Å². The van der Waals surface area contributed by atoms with Crippen LogP contribution in [0.5, 0.6) is 0 Å². The van der Waals surface area contributed by atoms with Crippen molar-refractivity contribution < 1.29 is 4.79 Å². The van der Waals surface area contributed by atoms with Crippen LogP contribution in [0.1, 0.15) is 15.9 Å². The minimum absolute atomic E-state index is 0.242. The van der Waals surface area contributed by atoms with E-state index in [4.69, 9.17) is 5.26 Å². The number of benzene rings is 1. The third-order valence-corrected chi connectivity index (χ3v) is 2.53. The zero-order chi connectivity index (χ0) is 13.7. The SMILES string of the molecule is CNc1cc(C(=O)Nc2cccc(C#N)c2)ccn1. The van der Waals surface area contributed by atoms with Crippen molar-refractivity contribution in [3.8, 4) is 6.07 Å². The van der Waals surface area contributed by atoms with Gasteiger partial charge in [-0.05, 0) is 30.3 Å². The van der Waals surface area contributed by atoms with Crippen LogP contribution in [0.15, 0.2) is 42.6 Å². The van der Waals surface area contributed by atoms with Crippen molar-refractivity contribution in [1.29, 1.82) is 5.26 Å². The lowest BCUT2D eigenvalue weighted by atomic mass is 10.2. The fourth-order valence-corrected chi connectivity index (χ4v) is 1.58. The van der Waals surface area contributed by atoms with Gasteiger partial charge in [0.05, 0.1) is 11.6 Å².